The van der Waals surface area contributed by atoms with Crippen LogP contribution < -0.4 is 5.32 Å². The molecule has 0 saturated carbocycles. The van der Waals surface area contributed by atoms with E-state index < -0.39 is 10.5 Å². The Morgan fingerprint density at radius 2 is 2.05 bits per heavy atom. The minimum absolute atomic E-state index is 0.208. The van der Waals surface area contributed by atoms with E-state index in [1.165, 1.54) is 12.1 Å². The number of carbonyl (C=O) groups excluding carboxylic acids is 1. The fourth-order valence-electron chi connectivity index (χ4n) is 1.98. The Balaban J connectivity index is 1.69. The summed E-state index contributed by atoms with van der Waals surface area (Å²) in [5.41, 5.74) is 1.34. The predicted octanol–water partition coefficient (Wildman–Crippen LogP) is 2.21. The van der Waals surface area contributed by atoms with Gasteiger partial charge in [0.25, 0.3) is 0 Å². The predicted molar refractivity (Wildman–Crippen MR) is 78.7 cm³/mol. The quantitative estimate of drug-likeness (QED) is 0.750. The maximum atomic E-state index is 12.0. The van der Waals surface area contributed by atoms with Crippen molar-refractivity contribution in [3.05, 3.63) is 60.1 Å². The summed E-state index contributed by atoms with van der Waals surface area (Å²) in [5, 5.41) is 3.53. The molecule has 1 amide bonds. The molecule has 0 aliphatic rings. The molecule has 0 atom stereocenters. The molecule has 0 bridgehead atoms. The van der Waals surface area contributed by atoms with E-state index in [2.05, 4.69) is 10.3 Å². The topological polar surface area (TPSA) is 92.1 Å². The van der Waals surface area contributed by atoms with Crippen molar-refractivity contribution in [3.63, 3.8) is 0 Å². The average Bonchev–Trinajstić information content (AvgIpc) is 2.97. The number of nitrogens with one attached hydrogen (secondary N) is 1. The number of nitrogens with zero attached hydrogens (tertiary/aromatic N) is 1. The first-order valence-corrected chi connectivity index (χ1v) is 7.51. The fourth-order valence-corrected chi connectivity index (χ4v) is 2.34. The molecule has 0 aliphatic heterocycles. The third-order valence-electron chi connectivity index (χ3n) is 3.12. The van der Waals surface area contributed by atoms with Crippen molar-refractivity contribution in [2.75, 3.05) is 0 Å². The maximum absolute atomic E-state index is 12.0. The number of pyridine rings is 1. The standard InChI is InChI=1S/C15H10N2O4S/c18-15(13-7-11-5-6-16-9-14(11)21-13)17-8-10-1-3-12(4-2-10)22(19)20/h1-7,9H,8H2/p+1. The van der Waals surface area contributed by atoms with Crippen LogP contribution in [0.5, 0.6) is 0 Å². The van der Waals surface area contributed by atoms with Crippen molar-refractivity contribution in [2.24, 2.45) is 0 Å². The molecule has 3 rings (SSSR count). The molecule has 3 aromatic rings. The summed E-state index contributed by atoms with van der Waals surface area (Å²) in [5.74, 6) is -0.132. The molecule has 0 spiro atoms. The van der Waals surface area contributed by atoms with Crippen LogP contribution in [0.4, 0.5) is 0 Å². The molecular formula is C15H11N2O4S+. The van der Waals surface area contributed by atoms with Gasteiger partial charge in [-0.3, -0.25) is 4.98 Å². The number of rotatable bonds is 3. The van der Waals surface area contributed by atoms with Crippen LogP contribution in [0.3, 0.4) is 0 Å². The van der Waals surface area contributed by atoms with Gasteiger partial charge in [0.2, 0.25) is 0 Å². The van der Waals surface area contributed by atoms with Gasteiger partial charge in [0, 0.05) is 6.20 Å². The van der Waals surface area contributed by atoms with E-state index in [9.17, 15) is 13.0 Å². The summed E-state index contributed by atoms with van der Waals surface area (Å²) in [6.07, 6.45) is 3.18. The van der Waals surface area contributed by atoms with Gasteiger partial charge >= 0.3 is 116 Å². The molecule has 0 unspecified atom stereocenters. The van der Waals surface area contributed by atoms with Crippen LogP contribution in [0.25, 0.3) is 11.0 Å². The first-order valence-electron chi connectivity index (χ1n) is 6.43. The number of furan rings is 1. The molecule has 110 valence electrons. The van der Waals surface area contributed by atoms with E-state index in [4.69, 9.17) is 4.42 Å². The zero-order valence-electron chi connectivity index (χ0n) is 11.3. The van der Waals surface area contributed by atoms with Gasteiger partial charge in [0.15, 0.2) is 0 Å². The van der Waals surface area contributed by atoms with Crippen molar-refractivity contribution in [3.8, 4) is 0 Å². The van der Waals surface area contributed by atoms with E-state index in [0.717, 1.165) is 10.9 Å². The number of hydrogen-bond acceptors (Lipinski definition) is 4. The normalized spacial score (nSPS) is 10.5. The summed E-state index contributed by atoms with van der Waals surface area (Å²) in [6, 6.07) is 9.67. The second-order valence-corrected chi connectivity index (χ2v) is 5.53. The van der Waals surface area contributed by atoms with Crippen LogP contribution in [0.15, 0.2) is 58.1 Å². The van der Waals surface area contributed by atoms with Gasteiger partial charge in [-0.25, -0.2) is 0 Å². The second kappa shape index (κ2) is 6.00. The van der Waals surface area contributed by atoms with Crippen LogP contribution in [0, 0.1) is 0 Å². The molecule has 6 nitrogen and oxygen atoms in total. The van der Waals surface area contributed by atoms with Crippen molar-refractivity contribution in [2.45, 2.75) is 11.4 Å². The Kier molecular flexibility index (Phi) is 3.90. The van der Waals surface area contributed by atoms with Crippen LogP contribution in [-0.2, 0) is 21.1 Å². The molecule has 0 fully saturated rings. The van der Waals surface area contributed by atoms with Gasteiger partial charge in [0.05, 0.1) is 0 Å². The number of benzene rings is 1. The third kappa shape index (κ3) is 3.00. The van der Waals surface area contributed by atoms with Gasteiger partial charge in [0.1, 0.15) is 0 Å². The summed E-state index contributed by atoms with van der Waals surface area (Å²) < 4.78 is 26.9. The summed E-state index contributed by atoms with van der Waals surface area (Å²) in [6.45, 7) is 0.278. The average molecular weight is 315 g/mol. The van der Waals surface area contributed by atoms with Gasteiger partial charge < -0.3 is 0 Å². The Hall–Kier alpha value is -2.64. The van der Waals surface area contributed by atoms with E-state index in [-0.39, 0.29) is 23.1 Å². The van der Waals surface area contributed by atoms with Crippen LogP contribution in [-0.4, -0.2) is 15.1 Å². The number of carbonyl (C=O) groups is 1. The SMILES string of the molecule is O=C(NCc1ccc(S(=O)#[O+])cc1)c1cc2ccncc2o1. The molecule has 0 radical (unpaired) electrons. The van der Waals surface area contributed by atoms with Crippen molar-refractivity contribution in [1.82, 2.24) is 10.3 Å². The molecule has 0 aliphatic carbocycles. The van der Waals surface area contributed by atoms with Gasteiger partial charge in [-0.05, 0) is 0 Å². The summed E-state index contributed by atoms with van der Waals surface area (Å²) in [7, 11) is -2.25. The van der Waals surface area contributed by atoms with Crippen LogP contribution >= 0.6 is 0 Å². The fraction of sp³-hybridized carbons (Fsp3) is 0.0667. The number of amides is 1. The van der Waals surface area contributed by atoms with E-state index in [1.807, 2.05) is 0 Å². The monoisotopic (exact) mass is 315 g/mol. The van der Waals surface area contributed by atoms with Crippen molar-refractivity contribution in [1.29, 1.82) is 0 Å². The first kappa shape index (κ1) is 14.3. The van der Waals surface area contributed by atoms with Gasteiger partial charge in [-0.2, -0.15) is 0 Å². The molecule has 2 aromatic heterocycles. The number of hydrogen-bond donors (Lipinski definition) is 1. The zero-order valence-corrected chi connectivity index (χ0v) is 12.1. The van der Waals surface area contributed by atoms with Gasteiger partial charge in [-0.1, -0.05) is 0 Å². The molecule has 22 heavy (non-hydrogen) atoms. The molecule has 1 aromatic carbocycles. The molecule has 1 N–H and O–H groups in total. The number of aromatic nitrogens is 1. The molecule has 2 heterocycles. The Bertz CT molecular complexity index is 925. The number of fused-ring (bicyclic) bond motifs is 1. The Morgan fingerprint density at radius 1 is 1.27 bits per heavy atom. The molecule has 7 heteroatoms. The molecular weight excluding hydrogens is 304 g/mol. The zero-order chi connectivity index (χ0) is 15.5. The first-order chi connectivity index (χ1) is 10.6. The third-order valence-corrected chi connectivity index (χ3v) is 3.77. The molecule has 0 saturated heterocycles. The summed E-state index contributed by atoms with van der Waals surface area (Å²) >= 11 is 0. The van der Waals surface area contributed by atoms with Crippen molar-refractivity contribution < 1.29 is 17.5 Å². The van der Waals surface area contributed by atoms with Gasteiger partial charge in [-0.15, -0.1) is 0 Å². The Labute approximate surface area is 127 Å². The second-order valence-electron chi connectivity index (χ2n) is 4.59. The summed E-state index contributed by atoms with van der Waals surface area (Å²) in [4.78, 5) is 16.2. The van der Waals surface area contributed by atoms with Crippen LogP contribution in [0.1, 0.15) is 16.1 Å². The minimum atomic E-state index is -2.25. The van der Waals surface area contributed by atoms with Crippen molar-refractivity contribution >= 4 is 27.4 Å². The van der Waals surface area contributed by atoms with E-state index >= 15 is 0 Å². The van der Waals surface area contributed by atoms with Crippen LogP contribution in [0.2, 0.25) is 0 Å². The van der Waals surface area contributed by atoms with E-state index in [0.29, 0.717) is 5.58 Å². The van der Waals surface area contributed by atoms with E-state index in [1.54, 1.807) is 36.7 Å². The Morgan fingerprint density at radius 3 is 2.73 bits per heavy atom.